The Kier molecular flexibility index (Phi) is 4.93. The molecule has 1 saturated heterocycles. The van der Waals surface area contributed by atoms with Crippen molar-refractivity contribution in [3.63, 3.8) is 0 Å². The third kappa shape index (κ3) is 3.70. The van der Waals surface area contributed by atoms with E-state index in [-0.39, 0.29) is 36.3 Å². The lowest BCUT2D eigenvalue weighted by molar-refractivity contribution is -0.128. The van der Waals surface area contributed by atoms with Crippen LogP contribution in [0.2, 0.25) is 0 Å². The number of aliphatic hydroxyl groups is 1. The molecule has 2 unspecified atom stereocenters. The van der Waals surface area contributed by atoms with Crippen molar-refractivity contribution < 1.29 is 14.7 Å². The van der Waals surface area contributed by atoms with Crippen LogP contribution in [0.15, 0.2) is 0 Å². The summed E-state index contributed by atoms with van der Waals surface area (Å²) in [6.45, 7) is 4.57. The highest BCUT2D eigenvalue weighted by atomic mass is 16.3. The van der Waals surface area contributed by atoms with E-state index in [0.29, 0.717) is 19.4 Å². The summed E-state index contributed by atoms with van der Waals surface area (Å²) in [5.41, 5.74) is 0. The summed E-state index contributed by atoms with van der Waals surface area (Å²) in [5.74, 6) is -0.0170. The van der Waals surface area contributed by atoms with Crippen LogP contribution in [0.5, 0.6) is 0 Å². The number of aliphatic hydroxyl groups excluding tert-OH is 1. The molecule has 0 aromatic heterocycles. The minimum atomic E-state index is -0.243. The van der Waals surface area contributed by atoms with Gasteiger partial charge >= 0.3 is 0 Å². The second-order valence-electron chi connectivity index (χ2n) is 5.05. The van der Waals surface area contributed by atoms with Gasteiger partial charge in [-0.1, -0.05) is 13.8 Å². The topological polar surface area (TPSA) is 69.6 Å². The summed E-state index contributed by atoms with van der Waals surface area (Å²) in [7, 11) is 1.71. The van der Waals surface area contributed by atoms with E-state index in [1.54, 1.807) is 11.9 Å². The largest absolute Gasteiger partial charge is 0.396 e. The van der Waals surface area contributed by atoms with E-state index in [9.17, 15) is 9.59 Å². The minimum absolute atomic E-state index is 0.0199. The van der Waals surface area contributed by atoms with E-state index in [2.05, 4.69) is 5.32 Å². The molecule has 1 heterocycles. The number of amides is 2. The number of nitrogens with one attached hydrogen (secondary N) is 1. The molecule has 0 bridgehead atoms. The fraction of sp³-hybridized carbons (Fsp3) is 0.833. The van der Waals surface area contributed by atoms with Crippen molar-refractivity contribution in [2.45, 2.75) is 32.7 Å². The zero-order chi connectivity index (χ0) is 13.0. The van der Waals surface area contributed by atoms with Gasteiger partial charge in [0.1, 0.15) is 0 Å². The van der Waals surface area contributed by atoms with Gasteiger partial charge < -0.3 is 15.3 Å². The molecule has 0 spiro atoms. The highest BCUT2D eigenvalue weighted by molar-refractivity contribution is 5.89. The standard InChI is InChI=1S/C12H22N2O3/c1-8(2)10(4-5-15)13-12(17)9-6-11(16)14(3)7-9/h8-10,15H,4-7H2,1-3H3,(H,13,17). The zero-order valence-corrected chi connectivity index (χ0v) is 10.8. The average molecular weight is 242 g/mol. The predicted octanol–water partition coefficient (Wildman–Crippen LogP) is -0.0121. The fourth-order valence-corrected chi connectivity index (χ4v) is 2.05. The quantitative estimate of drug-likeness (QED) is 0.712. The van der Waals surface area contributed by atoms with E-state index in [1.807, 2.05) is 13.8 Å². The number of likely N-dealkylation sites (tertiary alicyclic amines) is 1. The third-order valence-electron chi connectivity index (χ3n) is 3.28. The number of hydrogen-bond donors (Lipinski definition) is 2. The number of rotatable bonds is 5. The van der Waals surface area contributed by atoms with E-state index in [0.717, 1.165) is 0 Å². The van der Waals surface area contributed by atoms with Crippen molar-refractivity contribution in [2.75, 3.05) is 20.2 Å². The molecule has 0 radical (unpaired) electrons. The Morgan fingerprint density at radius 3 is 2.65 bits per heavy atom. The molecule has 0 aromatic carbocycles. The second-order valence-corrected chi connectivity index (χ2v) is 5.05. The first-order valence-electron chi connectivity index (χ1n) is 6.11. The Morgan fingerprint density at radius 2 is 2.24 bits per heavy atom. The monoisotopic (exact) mass is 242 g/mol. The number of hydrogen-bond acceptors (Lipinski definition) is 3. The number of carbonyl (C=O) groups is 2. The van der Waals surface area contributed by atoms with Gasteiger partial charge in [-0.15, -0.1) is 0 Å². The van der Waals surface area contributed by atoms with E-state index >= 15 is 0 Å². The van der Waals surface area contributed by atoms with Crippen LogP contribution in [-0.2, 0) is 9.59 Å². The maximum absolute atomic E-state index is 12.0. The predicted molar refractivity (Wildman–Crippen MR) is 64.2 cm³/mol. The third-order valence-corrected chi connectivity index (χ3v) is 3.28. The molecule has 17 heavy (non-hydrogen) atoms. The van der Waals surface area contributed by atoms with Gasteiger partial charge in [-0.3, -0.25) is 9.59 Å². The molecule has 1 fully saturated rings. The van der Waals surface area contributed by atoms with Crippen LogP contribution in [0.1, 0.15) is 26.7 Å². The van der Waals surface area contributed by atoms with Crippen molar-refractivity contribution in [3.05, 3.63) is 0 Å². The lowest BCUT2D eigenvalue weighted by atomic mass is 9.99. The molecular weight excluding hydrogens is 220 g/mol. The SMILES string of the molecule is CC(C)C(CCO)NC(=O)C1CC(=O)N(C)C1. The Balaban J connectivity index is 2.50. The molecular formula is C12H22N2O3. The summed E-state index contributed by atoms with van der Waals surface area (Å²) in [6, 6.07) is -0.0199. The Labute approximate surface area is 102 Å². The second kappa shape index (κ2) is 6.00. The molecule has 1 aliphatic heterocycles. The summed E-state index contributed by atoms with van der Waals surface area (Å²) in [6.07, 6.45) is 0.853. The van der Waals surface area contributed by atoms with Gasteiger partial charge in [-0.2, -0.15) is 0 Å². The van der Waals surface area contributed by atoms with Crippen LogP contribution in [-0.4, -0.2) is 48.1 Å². The molecule has 1 rings (SSSR count). The zero-order valence-electron chi connectivity index (χ0n) is 10.8. The fourth-order valence-electron chi connectivity index (χ4n) is 2.05. The van der Waals surface area contributed by atoms with Crippen LogP contribution in [0.25, 0.3) is 0 Å². The molecule has 0 aromatic rings. The van der Waals surface area contributed by atoms with Gasteiger partial charge in [0, 0.05) is 32.7 Å². The summed E-state index contributed by atoms with van der Waals surface area (Å²) >= 11 is 0. The number of nitrogens with zero attached hydrogens (tertiary/aromatic N) is 1. The Morgan fingerprint density at radius 1 is 1.59 bits per heavy atom. The lowest BCUT2D eigenvalue weighted by Crippen LogP contribution is -2.42. The van der Waals surface area contributed by atoms with Gasteiger partial charge in [0.15, 0.2) is 0 Å². The van der Waals surface area contributed by atoms with E-state index in [4.69, 9.17) is 5.11 Å². The van der Waals surface area contributed by atoms with Crippen LogP contribution in [0, 0.1) is 11.8 Å². The van der Waals surface area contributed by atoms with Crippen molar-refractivity contribution in [2.24, 2.45) is 11.8 Å². The molecule has 2 N–H and O–H groups in total. The first-order chi connectivity index (χ1) is 7.95. The van der Waals surface area contributed by atoms with Gasteiger partial charge in [0.05, 0.1) is 5.92 Å². The first-order valence-corrected chi connectivity index (χ1v) is 6.11. The normalized spacial score (nSPS) is 22.1. The van der Waals surface area contributed by atoms with Gasteiger partial charge in [0.25, 0.3) is 0 Å². The van der Waals surface area contributed by atoms with E-state index in [1.165, 1.54) is 0 Å². The van der Waals surface area contributed by atoms with E-state index < -0.39 is 0 Å². The highest BCUT2D eigenvalue weighted by Gasteiger charge is 2.33. The highest BCUT2D eigenvalue weighted by Crippen LogP contribution is 2.17. The smallest absolute Gasteiger partial charge is 0.225 e. The molecule has 2 atom stereocenters. The summed E-state index contributed by atoms with van der Waals surface area (Å²) in [4.78, 5) is 24.9. The maximum atomic E-state index is 12.0. The summed E-state index contributed by atoms with van der Waals surface area (Å²) in [5, 5.41) is 11.9. The van der Waals surface area contributed by atoms with Crippen molar-refractivity contribution >= 4 is 11.8 Å². The van der Waals surface area contributed by atoms with Gasteiger partial charge in [-0.05, 0) is 12.3 Å². The van der Waals surface area contributed by atoms with Crippen LogP contribution >= 0.6 is 0 Å². The van der Waals surface area contributed by atoms with Crippen molar-refractivity contribution in [3.8, 4) is 0 Å². The first kappa shape index (κ1) is 14.0. The van der Waals surface area contributed by atoms with Crippen LogP contribution in [0.4, 0.5) is 0 Å². The Bertz CT molecular complexity index is 291. The molecule has 2 amide bonds. The van der Waals surface area contributed by atoms with Crippen molar-refractivity contribution in [1.82, 2.24) is 10.2 Å². The van der Waals surface area contributed by atoms with Gasteiger partial charge in [0.2, 0.25) is 11.8 Å². The van der Waals surface area contributed by atoms with Crippen molar-refractivity contribution in [1.29, 1.82) is 0 Å². The lowest BCUT2D eigenvalue weighted by Gasteiger charge is -2.23. The maximum Gasteiger partial charge on any atom is 0.225 e. The average Bonchev–Trinajstić information content (AvgIpc) is 2.58. The molecule has 1 aliphatic rings. The van der Waals surface area contributed by atoms with Crippen LogP contribution in [0.3, 0.4) is 0 Å². The van der Waals surface area contributed by atoms with Gasteiger partial charge in [-0.25, -0.2) is 0 Å². The summed E-state index contributed by atoms with van der Waals surface area (Å²) < 4.78 is 0. The molecule has 98 valence electrons. The minimum Gasteiger partial charge on any atom is -0.396 e. The molecule has 0 aliphatic carbocycles. The van der Waals surface area contributed by atoms with Crippen LogP contribution < -0.4 is 5.32 Å². The Hall–Kier alpha value is -1.10. The molecule has 5 nitrogen and oxygen atoms in total. The molecule has 0 saturated carbocycles. The molecule has 5 heteroatoms. The number of carbonyl (C=O) groups excluding carboxylic acids is 2.